The molecule has 1 aromatic carbocycles. The molecule has 120 valence electrons. The number of rotatable bonds is 3. The Hall–Kier alpha value is -1.41. The van der Waals surface area contributed by atoms with Gasteiger partial charge >= 0.3 is 13.6 Å². The van der Waals surface area contributed by atoms with E-state index >= 15 is 0 Å². The van der Waals surface area contributed by atoms with E-state index in [1.54, 1.807) is 24.3 Å². The van der Waals surface area contributed by atoms with E-state index in [0.717, 1.165) is 9.14 Å². The van der Waals surface area contributed by atoms with Crippen LogP contribution >= 0.6 is 23.5 Å². The van der Waals surface area contributed by atoms with Crippen molar-refractivity contribution in [2.75, 3.05) is 11.9 Å². The summed E-state index contributed by atoms with van der Waals surface area (Å²) in [7, 11) is -3.83. The van der Waals surface area contributed by atoms with Crippen molar-refractivity contribution in [1.82, 2.24) is 9.76 Å². The molecule has 1 unspecified atom stereocenters. The van der Waals surface area contributed by atoms with Crippen molar-refractivity contribution in [3.63, 3.8) is 0 Å². The number of hydrogen-bond donors (Lipinski definition) is 4. The van der Waals surface area contributed by atoms with E-state index in [4.69, 9.17) is 11.2 Å². The highest BCUT2D eigenvalue weighted by atomic mass is 79.9. The van der Waals surface area contributed by atoms with E-state index in [1.807, 2.05) is 0 Å². The van der Waals surface area contributed by atoms with Crippen LogP contribution in [0, 0.1) is 0 Å². The molecule has 10 heteroatoms. The lowest BCUT2D eigenvalue weighted by Crippen LogP contribution is -2.50. The number of amides is 3. The highest BCUT2D eigenvalue weighted by Crippen LogP contribution is 2.39. The van der Waals surface area contributed by atoms with Gasteiger partial charge in [0.25, 0.3) is 0 Å². The number of nitrogens with zero attached hydrogens (tertiary/aromatic N) is 1. The number of urea groups is 1. The van der Waals surface area contributed by atoms with Crippen molar-refractivity contribution in [3.8, 4) is 0 Å². The normalized spacial score (nSPS) is 21.1. The number of piperidine rings is 1. The minimum atomic E-state index is -3.83. The maximum atomic E-state index is 12.4. The van der Waals surface area contributed by atoms with Crippen LogP contribution in [0.1, 0.15) is 12.8 Å². The van der Waals surface area contributed by atoms with Gasteiger partial charge in [-0.1, -0.05) is 15.9 Å². The summed E-state index contributed by atoms with van der Waals surface area (Å²) in [5.74, 6) is -0.513. The van der Waals surface area contributed by atoms with Gasteiger partial charge in [0.15, 0.2) is 0 Å². The number of carbonyl (C=O) groups is 2. The third-order valence-electron chi connectivity index (χ3n) is 3.18. The fraction of sp³-hybridized carbons (Fsp3) is 0.333. The van der Waals surface area contributed by atoms with Crippen molar-refractivity contribution >= 4 is 41.1 Å². The van der Waals surface area contributed by atoms with Crippen LogP contribution in [-0.2, 0) is 9.36 Å². The minimum absolute atomic E-state index is 0.207. The van der Waals surface area contributed by atoms with E-state index in [-0.39, 0.29) is 6.54 Å². The molecule has 2 rings (SSSR count). The summed E-state index contributed by atoms with van der Waals surface area (Å²) in [4.78, 5) is 23.8. The van der Waals surface area contributed by atoms with Gasteiger partial charge in [-0.25, -0.2) is 10.3 Å². The number of anilines is 1. The van der Waals surface area contributed by atoms with Crippen molar-refractivity contribution in [2.24, 2.45) is 11.2 Å². The van der Waals surface area contributed by atoms with Gasteiger partial charge in [0.2, 0.25) is 5.91 Å². The molecule has 0 bridgehead atoms. The Bertz CT molecular complexity index is 624. The van der Waals surface area contributed by atoms with Crippen molar-refractivity contribution < 1.29 is 14.2 Å². The Morgan fingerprint density at radius 1 is 1.36 bits per heavy atom. The highest BCUT2D eigenvalue weighted by Gasteiger charge is 2.37. The second kappa shape index (κ2) is 6.78. The van der Waals surface area contributed by atoms with E-state index in [9.17, 15) is 14.2 Å². The maximum Gasteiger partial charge on any atom is 0.333 e. The van der Waals surface area contributed by atoms with Crippen LogP contribution in [0.5, 0.6) is 0 Å². The summed E-state index contributed by atoms with van der Waals surface area (Å²) < 4.78 is 14.2. The molecule has 22 heavy (non-hydrogen) atoms. The van der Waals surface area contributed by atoms with Crippen LogP contribution in [0.3, 0.4) is 0 Å². The second-order valence-corrected chi connectivity index (χ2v) is 7.77. The smallest absolute Gasteiger partial charge is 0.320 e. The molecule has 1 aliphatic rings. The average molecular weight is 390 g/mol. The molecular weight excluding hydrogens is 373 g/mol. The molecule has 1 aliphatic heterocycles. The van der Waals surface area contributed by atoms with Crippen molar-refractivity contribution in [3.05, 3.63) is 28.7 Å². The molecule has 1 saturated heterocycles. The molecule has 0 saturated carbocycles. The zero-order valence-corrected chi connectivity index (χ0v) is 14.1. The van der Waals surface area contributed by atoms with Gasteiger partial charge in [-0.15, -0.1) is 0 Å². The van der Waals surface area contributed by atoms with E-state index in [2.05, 4.69) is 26.3 Å². The Labute approximate surface area is 136 Å². The molecule has 0 radical (unpaired) electrons. The summed E-state index contributed by atoms with van der Waals surface area (Å²) >= 11 is 3.28. The number of benzene rings is 1. The van der Waals surface area contributed by atoms with Crippen LogP contribution in [-0.4, -0.2) is 29.2 Å². The first kappa shape index (κ1) is 17.0. The zero-order chi connectivity index (χ0) is 16.3. The van der Waals surface area contributed by atoms with E-state index in [1.165, 1.54) is 0 Å². The predicted octanol–water partition coefficient (Wildman–Crippen LogP) is 1.59. The molecule has 1 aromatic rings. The van der Waals surface area contributed by atoms with E-state index in [0.29, 0.717) is 18.5 Å². The number of halogens is 1. The lowest BCUT2D eigenvalue weighted by atomic mass is 10.1. The van der Waals surface area contributed by atoms with Crippen LogP contribution < -0.4 is 21.6 Å². The third-order valence-corrected chi connectivity index (χ3v) is 5.35. The van der Waals surface area contributed by atoms with E-state index < -0.39 is 25.6 Å². The fourth-order valence-corrected chi connectivity index (χ4v) is 3.69. The topological polar surface area (TPSA) is 131 Å². The molecule has 0 spiro atoms. The third kappa shape index (κ3) is 4.07. The first-order valence-electron chi connectivity index (χ1n) is 6.60. The predicted molar refractivity (Wildman–Crippen MR) is 87.0 cm³/mol. The quantitative estimate of drug-likeness (QED) is 0.583. The number of hydrogen-bond acceptors (Lipinski definition) is 4. The highest BCUT2D eigenvalue weighted by molar-refractivity contribution is 9.10. The molecule has 0 aromatic heterocycles. The molecular formula is C12H17BrN5O3P. The van der Waals surface area contributed by atoms with Crippen molar-refractivity contribution in [2.45, 2.75) is 18.9 Å². The first-order chi connectivity index (χ1) is 10.3. The first-order valence-corrected chi connectivity index (χ1v) is 9.12. The molecule has 8 nitrogen and oxygen atoms in total. The number of nitrogens with two attached hydrogens (primary N) is 2. The van der Waals surface area contributed by atoms with Gasteiger partial charge in [0, 0.05) is 16.7 Å². The Morgan fingerprint density at radius 3 is 2.64 bits per heavy atom. The number of carbonyl (C=O) groups excluding carboxylic acids is 2. The van der Waals surface area contributed by atoms with Gasteiger partial charge < -0.3 is 11.1 Å². The Kier molecular flexibility index (Phi) is 5.23. The van der Waals surface area contributed by atoms with Gasteiger partial charge in [-0.05, 0) is 37.1 Å². The molecule has 1 fully saturated rings. The lowest BCUT2D eigenvalue weighted by Gasteiger charge is -2.34. The van der Waals surface area contributed by atoms with Gasteiger partial charge in [-0.3, -0.25) is 19.1 Å². The zero-order valence-electron chi connectivity index (χ0n) is 11.7. The summed E-state index contributed by atoms with van der Waals surface area (Å²) in [5.41, 5.74) is 11.8. The fourth-order valence-electron chi connectivity index (χ4n) is 2.08. The monoisotopic (exact) mass is 389 g/mol. The number of nitrogens with one attached hydrogen (secondary N) is 2. The molecule has 2 atom stereocenters. The van der Waals surface area contributed by atoms with Crippen LogP contribution in [0.25, 0.3) is 0 Å². The van der Waals surface area contributed by atoms with Gasteiger partial charge in [0.05, 0.1) is 6.04 Å². The second-order valence-electron chi connectivity index (χ2n) is 4.91. The standard InChI is InChI=1S/C12H17BrN5O3P/c13-8-3-5-9(6-4-8)16-12(20)17-22(15,21)18-7-1-2-10(14)11(18)19/h3-6,10H,1-2,7,14H2,(H4,15,16,17,20,21)/t10-,22?/m0/s1. The Balaban J connectivity index is 2.01. The van der Waals surface area contributed by atoms with Gasteiger partial charge in [0.1, 0.15) is 0 Å². The summed E-state index contributed by atoms with van der Waals surface area (Å²) in [6.07, 6.45) is 1.10. The van der Waals surface area contributed by atoms with Gasteiger partial charge in [-0.2, -0.15) is 0 Å². The van der Waals surface area contributed by atoms with Crippen LogP contribution in [0.2, 0.25) is 0 Å². The summed E-state index contributed by atoms with van der Waals surface area (Å²) in [5, 5.41) is 4.66. The maximum absolute atomic E-state index is 12.4. The average Bonchev–Trinajstić information content (AvgIpc) is 2.43. The van der Waals surface area contributed by atoms with Crippen LogP contribution in [0.15, 0.2) is 28.7 Å². The SMILES string of the molecule is N[C@H]1CCCN(P(N)(=O)NC(=O)Nc2ccc(Br)cc2)C1=O. The van der Waals surface area contributed by atoms with Crippen LogP contribution in [0.4, 0.5) is 10.5 Å². The largest absolute Gasteiger partial charge is 0.333 e. The summed E-state index contributed by atoms with van der Waals surface area (Å²) in [6, 6.07) is 5.32. The molecule has 1 heterocycles. The molecule has 6 N–H and O–H groups in total. The molecule has 3 amide bonds. The van der Waals surface area contributed by atoms with Crippen molar-refractivity contribution in [1.29, 1.82) is 0 Å². The lowest BCUT2D eigenvalue weighted by molar-refractivity contribution is -0.129. The Morgan fingerprint density at radius 2 is 2.00 bits per heavy atom. The summed E-state index contributed by atoms with van der Waals surface area (Å²) in [6.45, 7) is 0.207. The molecule has 0 aliphatic carbocycles. The minimum Gasteiger partial charge on any atom is -0.320 e.